The molecule has 3 aromatic rings. The third kappa shape index (κ3) is 6.52. The van der Waals surface area contributed by atoms with Crippen molar-refractivity contribution in [3.05, 3.63) is 64.4 Å². The molecule has 1 aliphatic rings. The predicted molar refractivity (Wildman–Crippen MR) is 147 cm³/mol. The van der Waals surface area contributed by atoms with Gasteiger partial charge in [0, 0.05) is 44.0 Å². The third-order valence-electron chi connectivity index (χ3n) is 6.47. The fourth-order valence-electron chi connectivity index (χ4n) is 4.48. The Hall–Kier alpha value is -3.33. The quantitative estimate of drug-likeness (QED) is 0.171. The van der Waals surface area contributed by atoms with Crippen LogP contribution in [-0.4, -0.2) is 64.9 Å². The standard InChI is InChI=1S/C28H34N4O4S/c1-3-5-9-14-32-27(35)23-13-12-21(19-24(23)29-28(32)37-20-25(33)36-4-2)26(34)31-17-15-30(16-18-31)22-10-7-6-8-11-22/h6-8,10-13,19H,3-5,9,14-18,20H2,1-2H3. The Morgan fingerprint density at radius 1 is 1.00 bits per heavy atom. The van der Waals surface area contributed by atoms with E-state index >= 15 is 0 Å². The van der Waals surface area contributed by atoms with E-state index in [0.717, 1.165) is 38.0 Å². The average Bonchev–Trinajstić information content (AvgIpc) is 2.93. The van der Waals surface area contributed by atoms with Crippen LogP contribution in [-0.2, 0) is 16.1 Å². The highest BCUT2D eigenvalue weighted by atomic mass is 32.2. The molecule has 0 spiro atoms. The number of hydrogen-bond acceptors (Lipinski definition) is 7. The molecule has 196 valence electrons. The highest BCUT2D eigenvalue weighted by Crippen LogP contribution is 2.22. The van der Waals surface area contributed by atoms with Crippen LogP contribution in [0.25, 0.3) is 10.9 Å². The first-order valence-electron chi connectivity index (χ1n) is 12.9. The third-order valence-corrected chi connectivity index (χ3v) is 7.42. The number of carbonyl (C=O) groups excluding carboxylic acids is 2. The smallest absolute Gasteiger partial charge is 0.316 e. The highest BCUT2D eigenvalue weighted by molar-refractivity contribution is 7.99. The fourth-order valence-corrected chi connectivity index (χ4v) is 5.30. The van der Waals surface area contributed by atoms with Gasteiger partial charge < -0.3 is 14.5 Å². The molecule has 0 saturated carbocycles. The molecule has 37 heavy (non-hydrogen) atoms. The van der Waals surface area contributed by atoms with Crippen LogP contribution in [0.3, 0.4) is 0 Å². The van der Waals surface area contributed by atoms with Gasteiger partial charge in [0.25, 0.3) is 11.5 Å². The molecule has 0 atom stereocenters. The molecule has 1 saturated heterocycles. The maximum absolute atomic E-state index is 13.4. The van der Waals surface area contributed by atoms with E-state index in [0.29, 0.717) is 47.9 Å². The maximum atomic E-state index is 13.4. The summed E-state index contributed by atoms with van der Waals surface area (Å²) in [5.74, 6) is -0.339. The number of anilines is 1. The van der Waals surface area contributed by atoms with Gasteiger partial charge in [0.05, 0.1) is 23.3 Å². The second-order valence-corrected chi connectivity index (χ2v) is 9.94. The predicted octanol–water partition coefficient (Wildman–Crippen LogP) is 4.20. The van der Waals surface area contributed by atoms with Crippen LogP contribution in [0.2, 0.25) is 0 Å². The SMILES string of the molecule is CCCCCn1c(SCC(=O)OCC)nc2cc(C(=O)N3CCN(c4ccccc4)CC3)ccc2c1=O. The number of amides is 1. The second kappa shape index (κ2) is 12.8. The number of fused-ring (bicyclic) bond motifs is 1. The minimum Gasteiger partial charge on any atom is -0.465 e. The summed E-state index contributed by atoms with van der Waals surface area (Å²) in [6, 6.07) is 15.3. The van der Waals surface area contributed by atoms with Crippen molar-refractivity contribution in [3.63, 3.8) is 0 Å². The Morgan fingerprint density at radius 2 is 1.76 bits per heavy atom. The molecule has 8 nitrogen and oxygen atoms in total. The summed E-state index contributed by atoms with van der Waals surface area (Å²) in [5, 5.41) is 0.949. The zero-order valence-corrected chi connectivity index (χ0v) is 22.3. The largest absolute Gasteiger partial charge is 0.465 e. The number of para-hydroxylation sites is 1. The number of ether oxygens (including phenoxy) is 1. The molecule has 1 aliphatic heterocycles. The van der Waals surface area contributed by atoms with Gasteiger partial charge in [0.1, 0.15) is 0 Å². The van der Waals surface area contributed by atoms with Crippen molar-refractivity contribution in [2.75, 3.05) is 43.4 Å². The molecule has 2 heterocycles. The zero-order valence-electron chi connectivity index (χ0n) is 21.5. The molecule has 0 radical (unpaired) electrons. The van der Waals surface area contributed by atoms with Gasteiger partial charge in [-0.05, 0) is 43.7 Å². The van der Waals surface area contributed by atoms with Crippen molar-refractivity contribution in [3.8, 4) is 0 Å². The number of nitrogens with zero attached hydrogens (tertiary/aromatic N) is 4. The van der Waals surface area contributed by atoms with E-state index in [-0.39, 0.29) is 23.2 Å². The van der Waals surface area contributed by atoms with E-state index in [1.165, 1.54) is 11.8 Å². The van der Waals surface area contributed by atoms with Crippen LogP contribution in [0, 0.1) is 0 Å². The number of carbonyl (C=O) groups is 2. The molecule has 1 aromatic heterocycles. The van der Waals surface area contributed by atoms with E-state index in [1.54, 1.807) is 29.7 Å². The first-order valence-corrected chi connectivity index (χ1v) is 13.9. The Bertz CT molecular complexity index is 1290. The molecule has 2 aromatic carbocycles. The second-order valence-electron chi connectivity index (χ2n) is 9.00. The van der Waals surface area contributed by atoms with Gasteiger partial charge >= 0.3 is 5.97 Å². The molecule has 0 N–H and O–H groups in total. The summed E-state index contributed by atoms with van der Waals surface area (Å²) in [7, 11) is 0. The topological polar surface area (TPSA) is 84.7 Å². The van der Waals surface area contributed by atoms with Crippen molar-refractivity contribution in [1.82, 2.24) is 14.5 Å². The summed E-state index contributed by atoms with van der Waals surface area (Å²) in [6.45, 7) is 7.48. The normalized spacial score (nSPS) is 13.7. The molecule has 0 aliphatic carbocycles. The number of esters is 1. The van der Waals surface area contributed by atoms with E-state index in [4.69, 9.17) is 9.72 Å². The Balaban J connectivity index is 1.55. The van der Waals surface area contributed by atoms with Gasteiger partial charge in [-0.1, -0.05) is 49.7 Å². The first kappa shape index (κ1) is 26.7. The van der Waals surface area contributed by atoms with Gasteiger partial charge in [-0.25, -0.2) is 4.98 Å². The molecular formula is C28H34N4O4S. The summed E-state index contributed by atoms with van der Waals surface area (Å²) in [4.78, 5) is 47.5. The zero-order chi connectivity index (χ0) is 26.2. The van der Waals surface area contributed by atoms with Gasteiger partial charge in [-0.3, -0.25) is 19.0 Å². The van der Waals surface area contributed by atoms with Gasteiger partial charge in [0.15, 0.2) is 5.16 Å². The van der Waals surface area contributed by atoms with Gasteiger partial charge in [0.2, 0.25) is 0 Å². The maximum Gasteiger partial charge on any atom is 0.316 e. The summed E-state index contributed by atoms with van der Waals surface area (Å²) in [5.41, 5.74) is 1.99. The number of rotatable bonds is 10. The van der Waals surface area contributed by atoms with Crippen LogP contribution in [0.4, 0.5) is 5.69 Å². The van der Waals surface area contributed by atoms with Crippen LogP contribution in [0.5, 0.6) is 0 Å². The minimum absolute atomic E-state index is 0.0655. The van der Waals surface area contributed by atoms with Gasteiger partial charge in [-0.2, -0.15) is 0 Å². The lowest BCUT2D eigenvalue weighted by Gasteiger charge is -2.36. The van der Waals surface area contributed by atoms with Crippen molar-refractivity contribution in [2.45, 2.75) is 44.8 Å². The fraction of sp³-hybridized carbons (Fsp3) is 0.429. The van der Waals surface area contributed by atoms with Crippen LogP contribution < -0.4 is 10.5 Å². The molecule has 9 heteroatoms. The van der Waals surface area contributed by atoms with Crippen LogP contribution in [0.15, 0.2) is 58.5 Å². The molecule has 0 bridgehead atoms. The lowest BCUT2D eigenvalue weighted by Crippen LogP contribution is -2.48. The number of benzene rings is 2. The van der Waals surface area contributed by atoms with Crippen molar-refractivity contribution in [2.24, 2.45) is 0 Å². The lowest BCUT2D eigenvalue weighted by atomic mass is 10.1. The molecule has 4 rings (SSSR count). The monoisotopic (exact) mass is 522 g/mol. The Morgan fingerprint density at radius 3 is 2.46 bits per heavy atom. The van der Waals surface area contributed by atoms with E-state index in [2.05, 4.69) is 24.0 Å². The van der Waals surface area contributed by atoms with Crippen LogP contribution >= 0.6 is 11.8 Å². The van der Waals surface area contributed by atoms with Crippen LogP contribution in [0.1, 0.15) is 43.5 Å². The first-order chi connectivity index (χ1) is 18.0. The van der Waals surface area contributed by atoms with Gasteiger partial charge in [-0.15, -0.1) is 0 Å². The molecular weight excluding hydrogens is 488 g/mol. The molecule has 1 fully saturated rings. The van der Waals surface area contributed by atoms with E-state index < -0.39 is 0 Å². The van der Waals surface area contributed by atoms with Crippen molar-refractivity contribution in [1.29, 1.82) is 0 Å². The summed E-state index contributed by atoms with van der Waals surface area (Å²) in [6.07, 6.45) is 2.88. The van der Waals surface area contributed by atoms with E-state index in [9.17, 15) is 14.4 Å². The Kier molecular flexibility index (Phi) is 9.22. The molecule has 0 unspecified atom stereocenters. The lowest BCUT2D eigenvalue weighted by molar-refractivity contribution is -0.139. The number of piperazine rings is 1. The number of thioether (sulfide) groups is 1. The summed E-state index contributed by atoms with van der Waals surface area (Å²) < 4.78 is 6.69. The van der Waals surface area contributed by atoms with E-state index in [1.807, 2.05) is 23.1 Å². The Labute approximate surface area is 221 Å². The average molecular weight is 523 g/mol. The molecule has 1 amide bonds. The highest BCUT2D eigenvalue weighted by Gasteiger charge is 2.23. The summed E-state index contributed by atoms with van der Waals surface area (Å²) >= 11 is 1.20. The number of aromatic nitrogens is 2. The number of hydrogen-bond donors (Lipinski definition) is 0. The van der Waals surface area contributed by atoms with Crippen molar-refractivity contribution >= 4 is 40.2 Å². The van der Waals surface area contributed by atoms with Crippen molar-refractivity contribution < 1.29 is 14.3 Å². The number of unbranched alkanes of at least 4 members (excludes halogenated alkanes) is 2. The minimum atomic E-state index is -0.347.